The Morgan fingerprint density at radius 2 is 1.87 bits per heavy atom. The molecule has 2 atom stereocenters. The standard InChI is InChI=1S/C18H32N2O3/c1-6-9-17(22)20-11-8-10-14(20)18(23)19(5)15(12-13(3)4)16(21)7-2/h13-15H,6-12H2,1-5H3/t14-,15+/m0/s1. The van der Waals surface area contributed by atoms with Crippen LogP contribution in [0.3, 0.4) is 0 Å². The fraction of sp³-hybridized carbons (Fsp3) is 0.833. The first kappa shape index (κ1) is 19.7. The second-order valence-electron chi connectivity index (χ2n) is 6.91. The highest BCUT2D eigenvalue weighted by Gasteiger charge is 2.38. The van der Waals surface area contributed by atoms with Gasteiger partial charge in [0, 0.05) is 26.4 Å². The molecule has 0 radical (unpaired) electrons. The predicted molar refractivity (Wildman–Crippen MR) is 91.0 cm³/mol. The minimum atomic E-state index is -0.390. The minimum Gasteiger partial charge on any atom is -0.334 e. The fourth-order valence-corrected chi connectivity index (χ4v) is 3.26. The van der Waals surface area contributed by atoms with E-state index in [1.165, 1.54) is 0 Å². The van der Waals surface area contributed by atoms with E-state index in [0.29, 0.717) is 38.1 Å². The van der Waals surface area contributed by atoms with Crippen molar-refractivity contribution in [2.45, 2.75) is 78.3 Å². The molecule has 1 heterocycles. The third-order valence-electron chi connectivity index (χ3n) is 4.55. The van der Waals surface area contributed by atoms with Crippen molar-refractivity contribution in [2.24, 2.45) is 5.92 Å². The molecule has 0 aromatic heterocycles. The lowest BCUT2D eigenvalue weighted by Crippen LogP contribution is -2.51. The Kier molecular flexibility index (Phi) is 7.73. The average Bonchev–Trinajstić information content (AvgIpc) is 3.00. The lowest BCUT2D eigenvalue weighted by Gasteiger charge is -2.33. The normalized spacial score (nSPS) is 19.0. The van der Waals surface area contributed by atoms with E-state index in [0.717, 1.165) is 12.8 Å². The van der Waals surface area contributed by atoms with Crippen LogP contribution in [-0.2, 0) is 14.4 Å². The van der Waals surface area contributed by atoms with Crippen molar-refractivity contribution in [3.8, 4) is 0 Å². The third kappa shape index (κ3) is 5.05. The molecule has 1 aliphatic rings. The smallest absolute Gasteiger partial charge is 0.245 e. The molecular weight excluding hydrogens is 292 g/mol. The van der Waals surface area contributed by atoms with Gasteiger partial charge < -0.3 is 9.80 Å². The molecule has 0 aromatic carbocycles. The molecular formula is C18H32N2O3. The maximum atomic E-state index is 12.9. The Hall–Kier alpha value is -1.39. The highest BCUT2D eigenvalue weighted by atomic mass is 16.2. The number of Topliss-reactive ketones (excluding diaryl/α,β-unsaturated/α-hetero) is 1. The Morgan fingerprint density at radius 3 is 2.39 bits per heavy atom. The Balaban J connectivity index is 2.87. The fourth-order valence-electron chi connectivity index (χ4n) is 3.26. The van der Waals surface area contributed by atoms with E-state index < -0.39 is 6.04 Å². The predicted octanol–water partition coefficient (Wildman–Crippen LogP) is 2.63. The van der Waals surface area contributed by atoms with Crippen molar-refractivity contribution < 1.29 is 14.4 Å². The number of likely N-dealkylation sites (tertiary alicyclic amines) is 1. The van der Waals surface area contributed by atoms with E-state index in [4.69, 9.17) is 0 Å². The Morgan fingerprint density at radius 1 is 1.22 bits per heavy atom. The van der Waals surface area contributed by atoms with E-state index in [1.54, 1.807) is 16.8 Å². The van der Waals surface area contributed by atoms with E-state index in [1.807, 2.05) is 13.8 Å². The van der Waals surface area contributed by atoms with Gasteiger partial charge in [-0.2, -0.15) is 0 Å². The summed E-state index contributed by atoms with van der Waals surface area (Å²) in [5, 5.41) is 0. The number of carbonyl (C=O) groups excluding carboxylic acids is 3. The van der Waals surface area contributed by atoms with Crippen molar-refractivity contribution >= 4 is 17.6 Å². The number of likely N-dealkylation sites (N-methyl/N-ethyl adjacent to an activating group) is 1. The van der Waals surface area contributed by atoms with Gasteiger partial charge in [-0.1, -0.05) is 27.7 Å². The highest BCUT2D eigenvalue weighted by Crippen LogP contribution is 2.23. The van der Waals surface area contributed by atoms with E-state index in [2.05, 4.69) is 13.8 Å². The van der Waals surface area contributed by atoms with Crippen molar-refractivity contribution in [3.05, 3.63) is 0 Å². The average molecular weight is 324 g/mol. The summed E-state index contributed by atoms with van der Waals surface area (Å²) in [4.78, 5) is 40.7. The van der Waals surface area contributed by atoms with Crippen LogP contribution in [0.5, 0.6) is 0 Å². The van der Waals surface area contributed by atoms with Gasteiger partial charge in [-0.3, -0.25) is 14.4 Å². The number of nitrogens with zero attached hydrogens (tertiary/aromatic N) is 2. The maximum absolute atomic E-state index is 12.9. The molecule has 0 aromatic rings. The molecule has 0 aliphatic carbocycles. The SMILES string of the molecule is CCCC(=O)N1CCC[C@H]1C(=O)N(C)[C@H](CC(C)C)C(=O)CC. The summed E-state index contributed by atoms with van der Waals surface area (Å²) in [6.07, 6.45) is 3.93. The molecule has 1 fully saturated rings. The van der Waals surface area contributed by atoms with Gasteiger partial charge in [0.15, 0.2) is 5.78 Å². The van der Waals surface area contributed by atoms with Gasteiger partial charge in [-0.15, -0.1) is 0 Å². The first-order valence-corrected chi connectivity index (χ1v) is 8.92. The van der Waals surface area contributed by atoms with Crippen LogP contribution < -0.4 is 0 Å². The van der Waals surface area contributed by atoms with Crippen molar-refractivity contribution in [2.75, 3.05) is 13.6 Å². The summed E-state index contributed by atoms with van der Waals surface area (Å²) in [6, 6.07) is -0.769. The zero-order valence-corrected chi connectivity index (χ0v) is 15.3. The zero-order valence-electron chi connectivity index (χ0n) is 15.3. The highest BCUT2D eigenvalue weighted by molar-refractivity contribution is 5.92. The lowest BCUT2D eigenvalue weighted by atomic mass is 9.97. The second-order valence-corrected chi connectivity index (χ2v) is 6.91. The van der Waals surface area contributed by atoms with Gasteiger partial charge >= 0.3 is 0 Å². The van der Waals surface area contributed by atoms with E-state index in [9.17, 15) is 14.4 Å². The number of hydrogen-bond acceptors (Lipinski definition) is 3. The molecule has 0 spiro atoms. The number of amides is 2. The summed E-state index contributed by atoms with van der Waals surface area (Å²) in [5.74, 6) is 0.407. The summed E-state index contributed by atoms with van der Waals surface area (Å²) < 4.78 is 0. The molecule has 23 heavy (non-hydrogen) atoms. The number of carbonyl (C=O) groups is 3. The van der Waals surface area contributed by atoms with Crippen LogP contribution in [0.15, 0.2) is 0 Å². The zero-order chi connectivity index (χ0) is 17.6. The van der Waals surface area contributed by atoms with Gasteiger partial charge in [0.1, 0.15) is 6.04 Å². The molecule has 0 N–H and O–H groups in total. The molecule has 1 saturated heterocycles. The molecule has 0 saturated carbocycles. The van der Waals surface area contributed by atoms with Crippen molar-refractivity contribution in [3.63, 3.8) is 0 Å². The molecule has 2 amide bonds. The summed E-state index contributed by atoms with van der Waals surface area (Å²) >= 11 is 0. The second kappa shape index (κ2) is 9.04. The van der Waals surface area contributed by atoms with Gasteiger partial charge in [0.25, 0.3) is 0 Å². The van der Waals surface area contributed by atoms with Crippen LogP contribution in [0.2, 0.25) is 0 Å². The summed E-state index contributed by atoms with van der Waals surface area (Å²) in [5.41, 5.74) is 0. The van der Waals surface area contributed by atoms with Crippen LogP contribution in [0.25, 0.3) is 0 Å². The van der Waals surface area contributed by atoms with Gasteiger partial charge in [-0.05, 0) is 31.6 Å². The number of hydrogen-bond donors (Lipinski definition) is 0. The van der Waals surface area contributed by atoms with Crippen LogP contribution in [0.1, 0.15) is 66.2 Å². The van der Waals surface area contributed by atoms with E-state index >= 15 is 0 Å². The van der Waals surface area contributed by atoms with Gasteiger partial charge in [0.05, 0.1) is 6.04 Å². The summed E-state index contributed by atoms with van der Waals surface area (Å²) in [6.45, 7) is 8.57. The summed E-state index contributed by atoms with van der Waals surface area (Å²) in [7, 11) is 1.71. The first-order chi connectivity index (χ1) is 10.8. The molecule has 132 valence electrons. The lowest BCUT2D eigenvalue weighted by molar-refractivity contribution is -0.146. The van der Waals surface area contributed by atoms with Crippen LogP contribution in [0, 0.1) is 5.92 Å². The molecule has 1 rings (SSSR count). The molecule has 1 aliphatic heterocycles. The topological polar surface area (TPSA) is 57.7 Å². The number of rotatable bonds is 8. The van der Waals surface area contributed by atoms with Gasteiger partial charge in [-0.25, -0.2) is 0 Å². The van der Waals surface area contributed by atoms with Crippen molar-refractivity contribution in [1.29, 1.82) is 0 Å². The Labute approximate surface area is 140 Å². The molecule has 5 nitrogen and oxygen atoms in total. The molecule has 0 unspecified atom stereocenters. The van der Waals surface area contributed by atoms with Gasteiger partial charge in [0.2, 0.25) is 11.8 Å². The largest absolute Gasteiger partial charge is 0.334 e. The Bertz CT molecular complexity index is 434. The number of ketones is 1. The minimum absolute atomic E-state index is 0.0546. The molecule has 5 heteroatoms. The third-order valence-corrected chi connectivity index (χ3v) is 4.55. The van der Waals surface area contributed by atoms with Crippen LogP contribution >= 0.6 is 0 Å². The van der Waals surface area contributed by atoms with Crippen LogP contribution in [0.4, 0.5) is 0 Å². The van der Waals surface area contributed by atoms with Crippen molar-refractivity contribution in [1.82, 2.24) is 9.80 Å². The monoisotopic (exact) mass is 324 g/mol. The molecule has 0 bridgehead atoms. The van der Waals surface area contributed by atoms with Crippen LogP contribution in [-0.4, -0.2) is 53.1 Å². The quantitative estimate of drug-likeness (QED) is 0.689. The maximum Gasteiger partial charge on any atom is 0.245 e. The first-order valence-electron chi connectivity index (χ1n) is 8.92. The van der Waals surface area contributed by atoms with E-state index in [-0.39, 0.29) is 23.6 Å².